The highest BCUT2D eigenvalue weighted by Crippen LogP contribution is 2.18. The molecule has 116 valence electrons. The molecule has 0 heterocycles. The summed E-state index contributed by atoms with van der Waals surface area (Å²) in [5.41, 5.74) is 2.09. The Labute approximate surface area is 132 Å². The third kappa shape index (κ3) is 5.01. The fraction of sp³-hybridized carbons (Fsp3) is 0.316. The summed E-state index contributed by atoms with van der Waals surface area (Å²) in [6.45, 7) is 4.88. The molecular formula is C19H23NO2. The molecule has 3 heteroatoms. The van der Waals surface area contributed by atoms with Gasteiger partial charge in [0, 0.05) is 11.5 Å². The molecule has 0 N–H and O–H groups in total. The molecule has 0 radical (unpaired) electrons. The number of ether oxygens (including phenoxy) is 1. The molecule has 2 aromatic carbocycles. The van der Waals surface area contributed by atoms with Crippen LogP contribution in [0.3, 0.4) is 0 Å². The predicted octanol–water partition coefficient (Wildman–Crippen LogP) is 4.18. The van der Waals surface area contributed by atoms with Gasteiger partial charge in [-0.05, 0) is 5.56 Å². The molecule has 0 aliphatic carbocycles. The molecule has 0 saturated heterocycles. The van der Waals surface area contributed by atoms with Gasteiger partial charge >= 0.3 is 0 Å². The first-order valence-electron chi connectivity index (χ1n) is 7.64. The van der Waals surface area contributed by atoms with Gasteiger partial charge in [0.2, 0.25) is 6.04 Å². The molecule has 2 aromatic rings. The van der Waals surface area contributed by atoms with E-state index in [2.05, 4.69) is 0 Å². The van der Waals surface area contributed by atoms with Gasteiger partial charge in [0.25, 0.3) is 0 Å². The molecule has 0 bridgehead atoms. The van der Waals surface area contributed by atoms with Crippen molar-refractivity contribution in [2.45, 2.75) is 26.5 Å². The summed E-state index contributed by atoms with van der Waals surface area (Å²) in [5, 5.41) is 12.4. The molecule has 0 aliphatic rings. The van der Waals surface area contributed by atoms with E-state index in [1.165, 1.54) is 0 Å². The largest absolute Gasteiger partial charge is 0.623 e. The lowest BCUT2D eigenvalue weighted by atomic mass is 10.1. The summed E-state index contributed by atoms with van der Waals surface area (Å²) < 4.78 is 6.80. The second kappa shape index (κ2) is 8.35. The Kier molecular flexibility index (Phi) is 6.16. The highest BCUT2D eigenvalue weighted by Gasteiger charge is 2.19. The predicted molar refractivity (Wildman–Crippen MR) is 89.8 cm³/mol. The first-order chi connectivity index (χ1) is 10.7. The van der Waals surface area contributed by atoms with E-state index in [9.17, 15) is 5.21 Å². The van der Waals surface area contributed by atoms with Gasteiger partial charge in [-0.3, -0.25) is 0 Å². The smallest absolute Gasteiger partial charge is 0.211 e. The van der Waals surface area contributed by atoms with Crippen LogP contribution in [0, 0.1) is 11.1 Å². The Morgan fingerprint density at radius 2 is 1.59 bits per heavy atom. The van der Waals surface area contributed by atoms with Gasteiger partial charge in [0.1, 0.15) is 6.61 Å². The summed E-state index contributed by atoms with van der Waals surface area (Å²) in [4.78, 5) is 0. The minimum Gasteiger partial charge on any atom is -0.623 e. The monoisotopic (exact) mass is 297 g/mol. The van der Waals surface area contributed by atoms with Gasteiger partial charge in [-0.15, -0.1) is 0 Å². The van der Waals surface area contributed by atoms with Crippen LogP contribution >= 0.6 is 0 Å². The highest BCUT2D eigenvalue weighted by molar-refractivity contribution is 5.54. The molecule has 3 nitrogen and oxygen atoms in total. The van der Waals surface area contributed by atoms with E-state index >= 15 is 0 Å². The van der Waals surface area contributed by atoms with Crippen molar-refractivity contribution >= 4 is 6.21 Å². The molecule has 0 aromatic heterocycles. The fourth-order valence-corrected chi connectivity index (χ4v) is 2.25. The number of hydrogen-bond donors (Lipinski definition) is 0. The van der Waals surface area contributed by atoms with Crippen molar-refractivity contribution in [2.75, 3.05) is 6.61 Å². The molecular weight excluding hydrogens is 274 g/mol. The Morgan fingerprint density at radius 3 is 2.18 bits per heavy atom. The van der Waals surface area contributed by atoms with E-state index in [0.29, 0.717) is 13.2 Å². The molecule has 2 rings (SSSR count). The molecule has 0 saturated carbocycles. The third-order valence-electron chi connectivity index (χ3n) is 3.32. The number of hydroxylamine groups is 1. The van der Waals surface area contributed by atoms with Gasteiger partial charge in [-0.1, -0.05) is 74.5 Å². The van der Waals surface area contributed by atoms with Crippen molar-refractivity contribution in [1.29, 1.82) is 0 Å². The average Bonchev–Trinajstić information content (AvgIpc) is 2.52. The first-order valence-corrected chi connectivity index (χ1v) is 7.64. The maximum absolute atomic E-state index is 12.4. The Hall–Kier alpha value is -2.13. The van der Waals surface area contributed by atoms with Crippen LogP contribution in [0.15, 0.2) is 60.7 Å². The zero-order valence-electron chi connectivity index (χ0n) is 13.2. The minimum absolute atomic E-state index is 0.206. The highest BCUT2D eigenvalue weighted by atomic mass is 16.5. The van der Waals surface area contributed by atoms with Crippen LogP contribution in [0.5, 0.6) is 0 Å². The van der Waals surface area contributed by atoms with Gasteiger partial charge < -0.3 is 9.94 Å². The van der Waals surface area contributed by atoms with E-state index < -0.39 is 0 Å². The van der Waals surface area contributed by atoms with Crippen LogP contribution < -0.4 is 0 Å². The number of rotatable bonds is 7. The zero-order chi connectivity index (χ0) is 15.8. The van der Waals surface area contributed by atoms with Crippen LogP contribution in [0.25, 0.3) is 0 Å². The van der Waals surface area contributed by atoms with E-state index in [0.717, 1.165) is 15.9 Å². The SMILES string of the molecule is CC(C)/C=[N+](\[O-])C(COCc1ccccc1)c1ccccc1. The Bertz CT molecular complexity index is 579. The van der Waals surface area contributed by atoms with Crippen LogP contribution in [-0.4, -0.2) is 17.6 Å². The summed E-state index contributed by atoms with van der Waals surface area (Å²) in [6, 6.07) is 19.5. The standard InChI is InChI=1S/C19H23NO2/c1-16(2)13-20(21)19(18-11-7-4-8-12-18)15-22-14-17-9-5-3-6-10-17/h3-13,16,19H,14-15H2,1-2H3/b20-13-. The van der Waals surface area contributed by atoms with Crippen molar-refractivity contribution in [1.82, 2.24) is 0 Å². The van der Waals surface area contributed by atoms with Crippen molar-refractivity contribution in [3.63, 3.8) is 0 Å². The molecule has 22 heavy (non-hydrogen) atoms. The minimum atomic E-state index is -0.313. The van der Waals surface area contributed by atoms with E-state index in [1.807, 2.05) is 74.5 Å². The average molecular weight is 297 g/mol. The normalized spacial score (nSPS) is 13.3. The summed E-state index contributed by atoms with van der Waals surface area (Å²) in [6.07, 6.45) is 1.70. The van der Waals surface area contributed by atoms with Gasteiger partial charge in [-0.2, -0.15) is 0 Å². The molecule has 1 unspecified atom stereocenters. The topological polar surface area (TPSA) is 35.3 Å². The third-order valence-corrected chi connectivity index (χ3v) is 3.32. The first kappa shape index (κ1) is 16.2. The lowest BCUT2D eigenvalue weighted by Gasteiger charge is -2.18. The van der Waals surface area contributed by atoms with Crippen LogP contribution in [-0.2, 0) is 11.3 Å². The van der Waals surface area contributed by atoms with E-state index in [1.54, 1.807) is 6.21 Å². The molecule has 1 atom stereocenters. The summed E-state index contributed by atoms with van der Waals surface area (Å²) in [5.74, 6) is 0.206. The number of nitrogens with zero attached hydrogens (tertiary/aromatic N) is 1. The maximum atomic E-state index is 12.4. The lowest BCUT2D eigenvalue weighted by molar-refractivity contribution is -0.510. The van der Waals surface area contributed by atoms with Crippen molar-refractivity contribution in [3.05, 3.63) is 77.0 Å². The Morgan fingerprint density at radius 1 is 1.00 bits per heavy atom. The van der Waals surface area contributed by atoms with Crippen molar-refractivity contribution in [2.24, 2.45) is 5.92 Å². The fourth-order valence-electron chi connectivity index (χ4n) is 2.25. The Balaban J connectivity index is 2.05. The van der Waals surface area contributed by atoms with Crippen molar-refractivity contribution in [3.8, 4) is 0 Å². The van der Waals surface area contributed by atoms with Gasteiger partial charge in [0.05, 0.1) is 6.61 Å². The molecule has 0 fully saturated rings. The summed E-state index contributed by atoms with van der Waals surface area (Å²) >= 11 is 0. The van der Waals surface area contributed by atoms with E-state index in [4.69, 9.17) is 4.74 Å². The molecule has 0 aliphatic heterocycles. The second-order valence-corrected chi connectivity index (χ2v) is 5.68. The lowest BCUT2D eigenvalue weighted by Crippen LogP contribution is -2.21. The maximum Gasteiger partial charge on any atom is 0.211 e. The van der Waals surface area contributed by atoms with E-state index in [-0.39, 0.29) is 12.0 Å². The summed E-state index contributed by atoms with van der Waals surface area (Å²) in [7, 11) is 0. The van der Waals surface area contributed by atoms with Gasteiger partial charge in [0.15, 0.2) is 6.21 Å². The quantitative estimate of drug-likeness (QED) is 0.332. The molecule has 0 spiro atoms. The molecule has 0 amide bonds. The van der Waals surface area contributed by atoms with Crippen LogP contribution in [0.4, 0.5) is 0 Å². The van der Waals surface area contributed by atoms with Crippen LogP contribution in [0.2, 0.25) is 0 Å². The second-order valence-electron chi connectivity index (χ2n) is 5.68. The zero-order valence-corrected chi connectivity index (χ0v) is 13.2. The van der Waals surface area contributed by atoms with Crippen LogP contribution in [0.1, 0.15) is 31.0 Å². The number of benzene rings is 2. The van der Waals surface area contributed by atoms with Crippen molar-refractivity contribution < 1.29 is 9.48 Å². The number of hydrogen-bond acceptors (Lipinski definition) is 2. The van der Waals surface area contributed by atoms with Gasteiger partial charge in [-0.25, -0.2) is 4.74 Å².